The number of anilines is 1. The maximum absolute atomic E-state index is 11.7. The van der Waals surface area contributed by atoms with Crippen LogP contribution in [0.3, 0.4) is 0 Å². The molecule has 0 aromatic carbocycles. The van der Waals surface area contributed by atoms with Crippen LogP contribution in [-0.2, 0) is 16.7 Å². The van der Waals surface area contributed by atoms with Crippen molar-refractivity contribution in [3.05, 3.63) is 11.8 Å². The Hall–Kier alpha value is -1.72. The van der Waals surface area contributed by atoms with Gasteiger partial charge in [-0.25, -0.2) is 9.48 Å². The molecule has 0 spiro atoms. The van der Waals surface area contributed by atoms with Crippen molar-refractivity contribution in [1.29, 1.82) is 0 Å². The van der Waals surface area contributed by atoms with E-state index in [4.69, 9.17) is 10.5 Å². The standard InChI is InChI=1S/C17H30N4O2/c1-11(2)19-16(22)23-14-7-6-12(9-14)8-13-10-15(18)21(20-13)17(3,4)5/h10-12,14H,6-9,18H2,1-5H3,(H,19,22)/t12?,14-/m0/s1. The smallest absolute Gasteiger partial charge is 0.407 e. The Morgan fingerprint density at radius 3 is 2.74 bits per heavy atom. The third-order valence-electron chi connectivity index (χ3n) is 4.09. The number of alkyl carbamates (subject to hydrolysis) is 1. The average Bonchev–Trinajstić information content (AvgIpc) is 2.95. The Morgan fingerprint density at radius 1 is 1.48 bits per heavy atom. The highest BCUT2D eigenvalue weighted by Gasteiger charge is 2.29. The van der Waals surface area contributed by atoms with Gasteiger partial charge in [-0.15, -0.1) is 0 Å². The van der Waals surface area contributed by atoms with E-state index in [-0.39, 0.29) is 23.8 Å². The van der Waals surface area contributed by atoms with Gasteiger partial charge in [-0.1, -0.05) is 0 Å². The molecule has 1 unspecified atom stereocenters. The molecule has 1 heterocycles. The number of carbonyl (C=O) groups is 1. The second-order valence-corrected chi connectivity index (χ2v) is 7.85. The molecule has 0 radical (unpaired) electrons. The molecule has 1 aliphatic rings. The fraction of sp³-hybridized carbons (Fsp3) is 0.765. The summed E-state index contributed by atoms with van der Waals surface area (Å²) < 4.78 is 7.35. The van der Waals surface area contributed by atoms with Crippen molar-refractivity contribution in [3.63, 3.8) is 0 Å². The van der Waals surface area contributed by atoms with Gasteiger partial charge in [0, 0.05) is 12.1 Å². The van der Waals surface area contributed by atoms with E-state index in [0.29, 0.717) is 11.7 Å². The first kappa shape index (κ1) is 17.6. The SMILES string of the molecule is CC(C)NC(=O)O[C@H]1CCC(Cc2cc(N)n(C(C)(C)C)n2)C1. The van der Waals surface area contributed by atoms with Gasteiger partial charge >= 0.3 is 6.09 Å². The van der Waals surface area contributed by atoms with Gasteiger partial charge in [-0.05, 0) is 66.2 Å². The maximum atomic E-state index is 11.7. The highest BCUT2D eigenvalue weighted by Crippen LogP contribution is 2.31. The number of nitrogens with one attached hydrogen (secondary N) is 1. The summed E-state index contributed by atoms with van der Waals surface area (Å²) in [6, 6.07) is 2.06. The molecule has 2 atom stereocenters. The summed E-state index contributed by atoms with van der Waals surface area (Å²) in [6.45, 7) is 10.1. The molecule has 6 nitrogen and oxygen atoms in total. The molecule has 23 heavy (non-hydrogen) atoms. The fourth-order valence-electron chi connectivity index (χ4n) is 3.12. The number of ether oxygens (including phenoxy) is 1. The molecular weight excluding hydrogens is 292 g/mol. The summed E-state index contributed by atoms with van der Waals surface area (Å²) in [5, 5.41) is 7.41. The second-order valence-electron chi connectivity index (χ2n) is 7.85. The van der Waals surface area contributed by atoms with Gasteiger partial charge < -0.3 is 15.8 Å². The number of amides is 1. The van der Waals surface area contributed by atoms with E-state index in [9.17, 15) is 4.79 Å². The van der Waals surface area contributed by atoms with Crippen LogP contribution in [0.2, 0.25) is 0 Å². The lowest BCUT2D eigenvalue weighted by Gasteiger charge is -2.20. The topological polar surface area (TPSA) is 82.2 Å². The molecule has 6 heteroatoms. The number of aromatic nitrogens is 2. The van der Waals surface area contributed by atoms with Gasteiger partial charge in [0.1, 0.15) is 11.9 Å². The highest BCUT2D eigenvalue weighted by atomic mass is 16.6. The van der Waals surface area contributed by atoms with E-state index >= 15 is 0 Å². The Labute approximate surface area is 138 Å². The van der Waals surface area contributed by atoms with Crippen molar-refractivity contribution in [3.8, 4) is 0 Å². The van der Waals surface area contributed by atoms with E-state index in [1.807, 2.05) is 24.6 Å². The van der Waals surface area contributed by atoms with Crippen LogP contribution >= 0.6 is 0 Å². The first-order valence-corrected chi connectivity index (χ1v) is 8.47. The number of rotatable bonds is 4. The molecule has 1 amide bonds. The minimum absolute atomic E-state index is 0.0146. The van der Waals surface area contributed by atoms with Crippen LogP contribution in [0.4, 0.5) is 10.6 Å². The van der Waals surface area contributed by atoms with Crippen LogP contribution in [0.1, 0.15) is 59.6 Å². The van der Waals surface area contributed by atoms with E-state index in [1.165, 1.54) is 0 Å². The summed E-state index contributed by atoms with van der Waals surface area (Å²) in [5.74, 6) is 1.20. The first-order chi connectivity index (χ1) is 10.6. The third-order valence-corrected chi connectivity index (χ3v) is 4.09. The molecule has 0 saturated heterocycles. The molecular formula is C17H30N4O2. The zero-order valence-corrected chi connectivity index (χ0v) is 14.9. The van der Waals surface area contributed by atoms with Crippen LogP contribution in [0.5, 0.6) is 0 Å². The normalized spacial score (nSPS) is 21.7. The summed E-state index contributed by atoms with van der Waals surface area (Å²) in [4.78, 5) is 11.7. The molecule has 0 bridgehead atoms. The summed E-state index contributed by atoms with van der Waals surface area (Å²) in [7, 11) is 0. The summed E-state index contributed by atoms with van der Waals surface area (Å²) >= 11 is 0. The van der Waals surface area contributed by atoms with E-state index in [2.05, 4.69) is 31.2 Å². The highest BCUT2D eigenvalue weighted by molar-refractivity contribution is 5.67. The Kier molecular flexibility index (Phi) is 5.22. The lowest BCUT2D eigenvalue weighted by atomic mass is 10.0. The van der Waals surface area contributed by atoms with Crippen LogP contribution < -0.4 is 11.1 Å². The Morgan fingerprint density at radius 2 is 2.17 bits per heavy atom. The van der Waals surface area contributed by atoms with Gasteiger partial charge in [0.25, 0.3) is 0 Å². The van der Waals surface area contributed by atoms with E-state index in [1.54, 1.807) is 0 Å². The zero-order chi connectivity index (χ0) is 17.2. The third kappa shape index (κ3) is 4.88. The fourth-order valence-corrected chi connectivity index (χ4v) is 3.12. The molecule has 1 fully saturated rings. The molecule has 2 rings (SSSR count). The predicted octanol–water partition coefficient (Wildman–Crippen LogP) is 3.07. The van der Waals surface area contributed by atoms with Gasteiger partial charge in [0.15, 0.2) is 0 Å². The van der Waals surface area contributed by atoms with Crippen molar-refractivity contribution < 1.29 is 9.53 Å². The average molecular weight is 322 g/mol. The van der Waals surface area contributed by atoms with Crippen LogP contribution in [0.15, 0.2) is 6.07 Å². The monoisotopic (exact) mass is 322 g/mol. The van der Waals surface area contributed by atoms with E-state index in [0.717, 1.165) is 31.4 Å². The number of nitrogen functional groups attached to an aromatic ring is 1. The molecule has 1 saturated carbocycles. The molecule has 1 aromatic rings. The van der Waals surface area contributed by atoms with Crippen LogP contribution in [0, 0.1) is 5.92 Å². The number of carbonyl (C=O) groups excluding carboxylic acids is 1. The second kappa shape index (κ2) is 6.81. The summed E-state index contributed by atoms with van der Waals surface area (Å²) in [5.41, 5.74) is 6.97. The van der Waals surface area contributed by atoms with Crippen molar-refractivity contribution in [2.45, 2.75) is 78.0 Å². The first-order valence-electron chi connectivity index (χ1n) is 8.47. The largest absolute Gasteiger partial charge is 0.446 e. The lowest BCUT2D eigenvalue weighted by molar-refractivity contribution is 0.0967. The number of hydrogen-bond donors (Lipinski definition) is 2. The van der Waals surface area contributed by atoms with Crippen molar-refractivity contribution >= 4 is 11.9 Å². The molecule has 3 N–H and O–H groups in total. The molecule has 130 valence electrons. The minimum atomic E-state index is -0.313. The van der Waals surface area contributed by atoms with Crippen molar-refractivity contribution in [2.75, 3.05) is 5.73 Å². The van der Waals surface area contributed by atoms with Gasteiger partial charge in [0.2, 0.25) is 0 Å². The maximum Gasteiger partial charge on any atom is 0.407 e. The van der Waals surface area contributed by atoms with Gasteiger partial charge in [-0.2, -0.15) is 5.10 Å². The van der Waals surface area contributed by atoms with Gasteiger partial charge in [0.05, 0.1) is 11.2 Å². The number of nitrogens with two attached hydrogens (primary N) is 1. The quantitative estimate of drug-likeness (QED) is 0.892. The minimum Gasteiger partial charge on any atom is -0.446 e. The van der Waals surface area contributed by atoms with Crippen molar-refractivity contribution in [2.24, 2.45) is 5.92 Å². The number of nitrogens with zero attached hydrogens (tertiary/aromatic N) is 2. The lowest BCUT2D eigenvalue weighted by Crippen LogP contribution is -2.33. The Balaban J connectivity index is 1.87. The van der Waals surface area contributed by atoms with Gasteiger partial charge in [-0.3, -0.25) is 0 Å². The molecule has 1 aliphatic carbocycles. The number of hydrogen-bond acceptors (Lipinski definition) is 4. The van der Waals surface area contributed by atoms with Crippen LogP contribution in [0.25, 0.3) is 0 Å². The van der Waals surface area contributed by atoms with Crippen LogP contribution in [-0.4, -0.2) is 28.0 Å². The Bertz CT molecular complexity index is 545. The summed E-state index contributed by atoms with van der Waals surface area (Å²) in [6.07, 6.45) is 3.47. The van der Waals surface area contributed by atoms with E-state index < -0.39 is 0 Å². The van der Waals surface area contributed by atoms with Crippen molar-refractivity contribution in [1.82, 2.24) is 15.1 Å². The predicted molar refractivity (Wildman–Crippen MR) is 91.2 cm³/mol. The molecule has 0 aliphatic heterocycles. The zero-order valence-electron chi connectivity index (χ0n) is 14.9. The molecule has 1 aromatic heterocycles.